The largest absolute Gasteiger partial charge is 0.492 e. The van der Waals surface area contributed by atoms with Crippen molar-refractivity contribution in [1.29, 1.82) is 0 Å². The van der Waals surface area contributed by atoms with E-state index in [2.05, 4.69) is 21.0 Å². The molecule has 0 saturated heterocycles. The Balaban J connectivity index is 2.33. The molecule has 0 radical (unpaired) electrons. The molecule has 1 aliphatic rings. The third-order valence-electron chi connectivity index (χ3n) is 2.59. The molecule has 0 unspecified atom stereocenters. The Morgan fingerprint density at radius 1 is 1.60 bits per heavy atom. The third-order valence-corrected chi connectivity index (χ3v) is 3.14. The van der Waals surface area contributed by atoms with E-state index < -0.39 is 5.54 Å². The second-order valence-corrected chi connectivity index (χ2v) is 4.21. The second-order valence-electron chi connectivity index (χ2n) is 3.46. The van der Waals surface area contributed by atoms with E-state index in [-0.39, 0.29) is 5.97 Å². The molecule has 1 heterocycles. The predicted octanol–water partition coefficient (Wildman–Crippen LogP) is 1.32. The van der Waals surface area contributed by atoms with E-state index in [0.29, 0.717) is 10.4 Å². The number of halogens is 1. The first-order valence-corrected chi connectivity index (χ1v) is 5.31. The Labute approximate surface area is 95.5 Å². The molecule has 5 nitrogen and oxygen atoms in total. The Bertz CT molecular complexity index is 398. The fourth-order valence-electron chi connectivity index (χ4n) is 1.53. The van der Waals surface area contributed by atoms with Gasteiger partial charge in [0.1, 0.15) is 0 Å². The van der Waals surface area contributed by atoms with Crippen LogP contribution in [-0.4, -0.2) is 30.0 Å². The zero-order chi connectivity index (χ0) is 11.1. The van der Waals surface area contributed by atoms with Gasteiger partial charge in [0.15, 0.2) is 15.9 Å². The van der Waals surface area contributed by atoms with Crippen molar-refractivity contribution in [1.82, 2.24) is 9.78 Å². The van der Waals surface area contributed by atoms with Crippen LogP contribution < -0.4 is 4.74 Å². The number of hydrogen-bond donors (Lipinski definition) is 0. The van der Waals surface area contributed by atoms with Crippen LogP contribution in [0.4, 0.5) is 0 Å². The molecule has 0 atom stereocenters. The Kier molecular flexibility index (Phi) is 2.46. The summed E-state index contributed by atoms with van der Waals surface area (Å²) in [6, 6.07) is 0. The van der Waals surface area contributed by atoms with Gasteiger partial charge in [-0.25, -0.2) is 4.79 Å². The first-order chi connectivity index (χ1) is 7.14. The summed E-state index contributed by atoms with van der Waals surface area (Å²) in [4.78, 5) is 11.6. The summed E-state index contributed by atoms with van der Waals surface area (Å²) in [5, 5.41) is 4.19. The van der Waals surface area contributed by atoms with Crippen LogP contribution in [0.15, 0.2) is 10.8 Å². The van der Waals surface area contributed by atoms with Crippen LogP contribution in [0.25, 0.3) is 0 Å². The topological polar surface area (TPSA) is 53.4 Å². The molecular formula is C9H11BrN2O3. The average molecular weight is 275 g/mol. The highest BCUT2D eigenvalue weighted by atomic mass is 79.9. The minimum atomic E-state index is -0.603. The zero-order valence-corrected chi connectivity index (χ0v) is 10.1. The fraction of sp³-hybridized carbons (Fsp3) is 0.556. The average Bonchev–Trinajstić information content (AvgIpc) is 2.97. The van der Waals surface area contributed by atoms with Crippen LogP contribution >= 0.6 is 15.9 Å². The Morgan fingerprint density at radius 3 is 2.67 bits per heavy atom. The molecular weight excluding hydrogens is 264 g/mol. The second kappa shape index (κ2) is 3.52. The quantitative estimate of drug-likeness (QED) is 0.781. The Hall–Kier alpha value is -1.04. The maximum atomic E-state index is 11.6. The normalized spacial score (nSPS) is 17.3. The zero-order valence-electron chi connectivity index (χ0n) is 8.49. The van der Waals surface area contributed by atoms with E-state index in [1.807, 2.05) is 0 Å². The van der Waals surface area contributed by atoms with Crippen LogP contribution in [0.3, 0.4) is 0 Å². The number of aromatic nitrogens is 2. The number of ether oxygens (including phenoxy) is 2. The minimum Gasteiger partial charge on any atom is -0.492 e. The first-order valence-electron chi connectivity index (χ1n) is 4.52. The third kappa shape index (κ3) is 1.52. The fourth-order valence-corrected chi connectivity index (χ4v) is 1.96. The van der Waals surface area contributed by atoms with E-state index in [1.54, 1.807) is 18.0 Å². The predicted molar refractivity (Wildman–Crippen MR) is 55.7 cm³/mol. The number of nitrogens with zero attached hydrogens (tertiary/aromatic N) is 2. The van der Waals surface area contributed by atoms with E-state index >= 15 is 0 Å². The maximum absolute atomic E-state index is 11.6. The van der Waals surface area contributed by atoms with Gasteiger partial charge in [0.2, 0.25) is 0 Å². The van der Waals surface area contributed by atoms with Crippen molar-refractivity contribution in [2.75, 3.05) is 14.2 Å². The SMILES string of the molecule is COC(=O)C1(n2cc(OC)c(Br)n2)CC1. The van der Waals surface area contributed by atoms with Gasteiger partial charge >= 0.3 is 5.97 Å². The van der Waals surface area contributed by atoms with Crippen LogP contribution in [0, 0.1) is 0 Å². The van der Waals surface area contributed by atoms with Crippen molar-refractivity contribution >= 4 is 21.9 Å². The maximum Gasteiger partial charge on any atom is 0.333 e. The van der Waals surface area contributed by atoms with Crippen molar-refractivity contribution in [2.45, 2.75) is 18.4 Å². The summed E-state index contributed by atoms with van der Waals surface area (Å²) in [5.74, 6) is 0.366. The van der Waals surface area contributed by atoms with Gasteiger partial charge in [-0.1, -0.05) is 0 Å². The highest BCUT2D eigenvalue weighted by molar-refractivity contribution is 9.10. The number of carbonyl (C=O) groups is 1. The number of rotatable bonds is 3. The van der Waals surface area contributed by atoms with Gasteiger partial charge in [0.25, 0.3) is 0 Å². The van der Waals surface area contributed by atoms with Gasteiger partial charge in [-0.3, -0.25) is 4.68 Å². The van der Waals surface area contributed by atoms with Gasteiger partial charge in [0, 0.05) is 0 Å². The standard InChI is InChI=1S/C9H11BrN2O3/c1-14-6-5-12(11-7(6)10)9(3-4-9)8(13)15-2/h5H,3-4H2,1-2H3. The van der Waals surface area contributed by atoms with Crippen LogP contribution in [0.5, 0.6) is 5.75 Å². The smallest absolute Gasteiger partial charge is 0.333 e. The molecule has 1 aliphatic carbocycles. The van der Waals surface area contributed by atoms with E-state index in [4.69, 9.17) is 9.47 Å². The lowest BCUT2D eigenvalue weighted by Crippen LogP contribution is -2.29. The van der Waals surface area contributed by atoms with Gasteiger partial charge in [-0.15, -0.1) is 0 Å². The first kappa shape index (κ1) is 10.5. The molecule has 0 aliphatic heterocycles. The Morgan fingerprint density at radius 2 is 2.27 bits per heavy atom. The van der Waals surface area contributed by atoms with Crippen molar-refractivity contribution in [3.63, 3.8) is 0 Å². The summed E-state index contributed by atoms with van der Waals surface area (Å²) in [5.41, 5.74) is -0.603. The molecule has 1 aromatic rings. The summed E-state index contributed by atoms with van der Waals surface area (Å²) in [6.45, 7) is 0. The molecule has 0 N–H and O–H groups in total. The summed E-state index contributed by atoms with van der Waals surface area (Å²) in [6.07, 6.45) is 3.22. The highest BCUT2D eigenvalue weighted by Crippen LogP contribution is 2.45. The molecule has 0 spiro atoms. The number of carbonyl (C=O) groups excluding carboxylic acids is 1. The molecule has 1 fully saturated rings. The van der Waals surface area contributed by atoms with Crippen LogP contribution in [-0.2, 0) is 15.1 Å². The van der Waals surface area contributed by atoms with Gasteiger partial charge in [-0.05, 0) is 28.8 Å². The monoisotopic (exact) mass is 274 g/mol. The lowest BCUT2D eigenvalue weighted by molar-refractivity contribution is -0.146. The van der Waals surface area contributed by atoms with E-state index in [0.717, 1.165) is 12.8 Å². The summed E-state index contributed by atoms with van der Waals surface area (Å²) >= 11 is 3.26. The molecule has 1 saturated carbocycles. The highest BCUT2D eigenvalue weighted by Gasteiger charge is 2.54. The number of hydrogen-bond acceptors (Lipinski definition) is 4. The summed E-state index contributed by atoms with van der Waals surface area (Å²) in [7, 11) is 2.95. The summed E-state index contributed by atoms with van der Waals surface area (Å²) < 4.78 is 12.0. The minimum absolute atomic E-state index is 0.250. The van der Waals surface area contributed by atoms with Crippen LogP contribution in [0.1, 0.15) is 12.8 Å². The molecule has 1 aromatic heterocycles. The molecule has 0 bridgehead atoms. The molecule has 0 aromatic carbocycles. The van der Waals surface area contributed by atoms with Crippen molar-refractivity contribution in [3.05, 3.63) is 10.8 Å². The van der Waals surface area contributed by atoms with Gasteiger partial charge in [-0.2, -0.15) is 5.10 Å². The van der Waals surface area contributed by atoms with Crippen molar-refractivity contribution in [2.24, 2.45) is 0 Å². The van der Waals surface area contributed by atoms with E-state index in [9.17, 15) is 4.79 Å². The van der Waals surface area contributed by atoms with Gasteiger partial charge in [0.05, 0.1) is 20.4 Å². The van der Waals surface area contributed by atoms with Crippen molar-refractivity contribution in [3.8, 4) is 5.75 Å². The molecule has 6 heteroatoms. The van der Waals surface area contributed by atoms with E-state index in [1.165, 1.54) is 7.11 Å². The molecule has 82 valence electrons. The number of methoxy groups -OCH3 is 2. The van der Waals surface area contributed by atoms with Gasteiger partial charge < -0.3 is 9.47 Å². The molecule has 0 amide bonds. The molecule has 15 heavy (non-hydrogen) atoms. The lowest BCUT2D eigenvalue weighted by atomic mass is 10.3. The molecule has 2 rings (SSSR count). The lowest BCUT2D eigenvalue weighted by Gasteiger charge is -2.12. The number of esters is 1. The van der Waals surface area contributed by atoms with Crippen molar-refractivity contribution < 1.29 is 14.3 Å². The van der Waals surface area contributed by atoms with Crippen LogP contribution in [0.2, 0.25) is 0 Å².